The van der Waals surface area contributed by atoms with E-state index in [4.69, 9.17) is 11.6 Å². The van der Waals surface area contributed by atoms with Crippen LogP contribution in [0.1, 0.15) is 49.6 Å². The molecule has 1 nitrogen and oxygen atoms in total. The molecule has 0 fully saturated rings. The smallest absolute Gasteiger partial charge is 0.0712 e. The van der Waals surface area contributed by atoms with E-state index in [1.807, 2.05) is 0 Å². The maximum Gasteiger partial charge on any atom is 0.0712 e. The Kier molecular flexibility index (Phi) is 7.38. The van der Waals surface area contributed by atoms with Crippen LogP contribution in [0.5, 0.6) is 0 Å². The van der Waals surface area contributed by atoms with Crippen molar-refractivity contribution < 1.29 is 0 Å². The number of nitrogens with zero attached hydrogens (tertiary/aromatic N) is 1. The predicted molar refractivity (Wildman–Crippen MR) is 81.4 cm³/mol. The molecular weight excluding hydrogens is 242 g/mol. The van der Waals surface area contributed by atoms with Crippen LogP contribution >= 0.6 is 11.6 Å². The summed E-state index contributed by atoms with van der Waals surface area (Å²) in [5, 5.41) is 0.0996. The molecule has 0 amide bonds. The van der Waals surface area contributed by atoms with E-state index >= 15 is 0 Å². The molecule has 1 atom stereocenters. The third kappa shape index (κ3) is 5.41. The number of halogens is 1. The Morgan fingerprint density at radius 3 is 2.33 bits per heavy atom. The second kappa shape index (κ2) is 8.55. The normalized spacial score (nSPS) is 12.9. The van der Waals surface area contributed by atoms with Crippen molar-refractivity contribution in [2.24, 2.45) is 0 Å². The highest BCUT2D eigenvalue weighted by molar-refractivity contribution is 6.21. The molecule has 1 aromatic carbocycles. The van der Waals surface area contributed by atoms with Crippen molar-refractivity contribution in [3.05, 3.63) is 35.4 Å². The van der Waals surface area contributed by atoms with Gasteiger partial charge < -0.3 is 4.90 Å². The van der Waals surface area contributed by atoms with Gasteiger partial charge in [0.25, 0.3) is 0 Å². The minimum atomic E-state index is 0.0996. The van der Waals surface area contributed by atoms with Crippen LogP contribution in [0.4, 0.5) is 0 Å². The number of hydrogen-bond donors (Lipinski definition) is 0. The second-order valence-electron chi connectivity index (χ2n) is 5.07. The first-order valence-corrected chi connectivity index (χ1v) is 7.52. The van der Waals surface area contributed by atoms with Crippen LogP contribution in [0.25, 0.3) is 0 Å². The predicted octanol–water partition coefficient (Wildman–Crippen LogP) is 4.65. The first kappa shape index (κ1) is 15.5. The van der Waals surface area contributed by atoms with E-state index in [1.54, 1.807) is 0 Å². The van der Waals surface area contributed by atoms with E-state index in [0.29, 0.717) is 0 Å². The number of alkyl halides is 1. The van der Waals surface area contributed by atoms with E-state index in [1.165, 1.54) is 30.4 Å². The monoisotopic (exact) mass is 267 g/mol. The van der Waals surface area contributed by atoms with Gasteiger partial charge >= 0.3 is 0 Å². The number of likely N-dealkylation sites (N-methyl/N-ethyl adjacent to an activating group) is 1. The summed E-state index contributed by atoms with van der Waals surface area (Å²) in [6, 6.07) is 8.77. The van der Waals surface area contributed by atoms with Crippen LogP contribution in [-0.4, -0.2) is 25.0 Å². The third-order valence-corrected chi connectivity index (χ3v) is 3.64. The highest BCUT2D eigenvalue weighted by atomic mass is 35.5. The van der Waals surface area contributed by atoms with Crippen molar-refractivity contribution in [3.63, 3.8) is 0 Å². The molecule has 1 aromatic rings. The Morgan fingerprint density at radius 1 is 1.11 bits per heavy atom. The van der Waals surface area contributed by atoms with Gasteiger partial charge in [0.15, 0.2) is 0 Å². The van der Waals surface area contributed by atoms with Crippen LogP contribution in [0.3, 0.4) is 0 Å². The molecule has 0 saturated carbocycles. The summed E-state index contributed by atoms with van der Waals surface area (Å²) in [5.74, 6) is 0. The second-order valence-corrected chi connectivity index (χ2v) is 5.60. The molecule has 0 bridgehead atoms. The number of benzene rings is 1. The molecule has 2 heteroatoms. The lowest BCUT2D eigenvalue weighted by atomic mass is 10.1. The average molecular weight is 268 g/mol. The molecule has 0 saturated heterocycles. The van der Waals surface area contributed by atoms with Crippen LogP contribution in [0.2, 0.25) is 0 Å². The van der Waals surface area contributed by atoms with Crippen molar-refractivity contribution >= 4 is 11.6 Å². The fraction of sp³-hybridized carbons (Fsp3) is 0.625. The summed E-state index contributed by atoms with van der Waals surface area (Å²) < 4.78 is 0. The van der Waals surface area contributed by atoms with Gasteiger partial charge in [0, 0.05) is 6.54 Å². The summed E-state index contributed by atoms with van der Waals surface area (Å²) in [6.45, 7) is 6.49. The number of unbranched alkanes of at least 4 members (excludes halogenated alkanes) is 1. The van der Waals surface area contributed by atoms with Gasteiger partial charge in [-0.3, -0.25) is 0 Å². The van der Waals surface area contributed by atoms with Crippen molar-refractivity contribution in [3.8, 4) is 0 Å². The molecule has 0 aromatic heterocycles. The minimum absolute atomic E-state index is 0.0996. The Labute approximate surface area is 117 Å². The first-order valence-electron chi connectivity index (χ1n) is 7.08. The fourth-order valence-corrected chi connectivity index (χ4v) is 2.46. The number of aryl methyl sites for hydroxylation is 1. The lowest BCUT2D eigenvalue weighted by Gasteiger charge is -2.20. The largest absolute Gasteiger partial charge is 0.305 e. The van der Waals surface area contributed by atoms with E-state index < -0.39 is 0 Å². The molecule has 0 radical (unpaired) electrons. The van der Waals surface area contributed by atoms with Crippen molar-refractivity contribution in [2.45, 2.75) is 44.9 Å². The van der Waals surface area contributed by atoms with Crippen LogP contribution in [0.15, 0.2) is 24.3 Å². The summed E-state index contributed by atoms with van der Waals surface area (Å²) >= 11 is 6.47. The van der Waals surface area contributed by atoms with Crippen LogP contribution in [-0.2, 0) is 6.42 Å². The van der Waals surface area contributed by atoms with Crippen LogP contribution in [0, 0.1) is 0 Å². The van der Waals surface area contributed by atoms with Gasteiger partial charge in [0.1, 0.15) is 0 Å². The van der Waals surface area contributed by atoms with Crippen LogP contribution < -0.4 is 0 Å². The van der Waals surface area contributed by atoms with Gasteiger partial charge in [-0.05, 0) is 37.6 Å². The molecular formula is C16H26ClN. The molecule has 0 N–H and O–H groups in total. The zero-order chi connectivity index (χ0) is 13.4. The zero-order valence-corrected chi connectivity index (χ0v) is 12.7. The zero-order valence-electron chi connectivity index (χ0n) is 12.0. The molecule has 1 unspecified atom stereocenters. The third-order valence-electron chi connectivity index (χ3n) is 3.25. The lowest BCUT2D eigenvalue weighted by Crippen LogP contribution is -2.23. The van der Waals surface area contributed by atoms with Gasteiger partial charge in [-0.1, -0.05) is 51.0 Å². The average Bonchev–Trinajstić information content (AvgIpc) is 2.37. The van der Waals surface area contributed by atoms with E-state index in [2.05, 4.69) is 50.1 Å². The minimum Gasteiger partial charge on any atom is -0.305 e. The summed E-state index contributed by atoms with van der Waals surface area (Å²) in [6.07, 6.45) is 4.84. The molecule has 0 spiro atoms. The summed E-state index contributed by atoms with van der Waals surface area (Å²) in [7, 11) is 2.15. The number of hydrogen-bond acceptors (Lipinski definition) is 1. The highest BCUT2D eigenvalue weighted by Gasteiger charge is 2.10. The molecule has 0 heterocycles. The lowest BCUT2D eigenvalue weighted by molar-refractivity contribution is 0.328. The standard InChI is InChI=1S/C16H26ClN/c1-4-6-12-18(3)13-16(17)15-10-8-14(7-5-2)9-11-15/h8-11,16H,4-7,12-13H2,1-3H3. The Bertz CT molecular complexity index is 320. The molecule has 0 aliphatic heterocycles. The molecule has 1 rings (SSSR count). The maximum atomic E-state index is 6.47. The molecule has 18 heavy (non-hydrogen) atoms. The van der Waals surface area contributed by atoms with E-state index in [-0.39, 0.29) is 5.38 Å². The molecule has 0 aliphatic rings. The van der Waals surface area contributed by atoms with Gasteiger partial charge in [-0.25, -0.2) is 0 Å². The van der Waals surface area contributed by atoms with E-state index in [9.17, 15) is 0 Å². The Balaban J connectivity index is 2.47. The van der Waals surface area contributed by atoms with Crippen molar-refractivity contribution in [1.29, 1.82) is 0 Å². The topological polar surface area (TPSA) is 3.24 Å². The first-order chi connectivity index (χ1) is 8.67. The molecule has 102 valence electrons. The Hall–Kier alpha value is -0.530. The number of rotatable bonds is 8. The maximum absolute atomic E-state index is 6.47. The highest BCUT2D eigenvalue weighted by Crippen LogP contribution is 2.22. The van der Waals surface area contributed by atoms with Gasteiger partial charge in [-0.15, -0.1) is 11.6 Å². The fourth-order valence-electron chi connectivity index (χ4n) is 2.08. The van der Waals surface area contributed by atoms with Gasteiger partial charge in [0.05, 0.1) is 5.38 Å². The van der Waals surface area contributed by atoms with Crippen molar-refractivity contribution in [1.82, 2.24) is 4.90 Å². The summed E-state index contributed by atoms with van der Waals surface area (Å²) in [5.41, 5.74) is 2.64. The summed E-state index contributed by atoms with van der Waals surface area (Å²) in [4.78, 5) is 2.32. The molecule has 0 aliphatic carbocycles. The van der Waals surface area contributed by atoms with Gasteiger partial charge in [-0.2, -0.15) is 0 Å². The van der Waals surface area contributed by atoms with E-state index in [0.717, 1.165) is 19.5 Å². The SMILES string of the molecule is CCCCN(C)CC(Cl)c1ccc(CCC)cc1. The Morgan fingerprint density at radius 2 is 1.78 bits per heavy atom. The quantitative estimate of drug-likeness (QED) is 0.620. The van der Waals surface area contributed by atoms with Gasteiger partial charge in [0.2, 0.25) is 0 Å². The van der Waals surface area contributed by atoms with Crippen molar-refractivity contribution in [2.75, 3.05) is 20.1 Å².